The van der Waals surface area contributed by atoms with E-state index in [1.165, 1.54) is 0 Å². The molecule has 2 aromatic carbocycles. The maximum absolute atomic E-state index is 12.6. The molecule has 0 bridgehead atoms. The second kappa shape index (κ2) is 11.7. The minimum Gasteiger partial charge on any atom is -0.480 e. The van der Waals surface area contributed by atoms with E-state index < -0.39 is 30.1 Å². The van der Waals surface area contributed by atoms with Crippen LogP contribution in [0.5, 0.6) is 0 Å². The number of benzene rings is 2. The molecule has 182 valence electrons. The number of rotatable bonds is 11. The van der Waals surface area contributed by atoms with Crippen LogP contribution in [0.4, 0.5) is 4.79 Å². The van der Waals surface area contributed by atoms with Gasteiger partial charge in [-0.3, -0.25) is 4.79 Å². The van der Waals surface area contributed by atoms with Gasteiger partial charge in [0.2, 0.25) is 5.91 Å². The van der Waals surface area contributed by atoms with E-state index in [1.807, 2.05) is 45.0 Å². The third-order valence-electron chi connectivity index (χ3n) is 6.08. The van der Waals surface area contributed by atoms with E-state index in [9.17, 15) is 19.5 Å². The van der Waals surface area contributed by atoms with Gasteiger partial charge in [0.05, 0.1) is 0 Å². The molecule has 7 heteroatoms. The Morgan fingerprint density at radius 1 is 0.971 bits per heavy atom. The Labute approximate surface area is 200 Å². The van der Waals surface area contributed by atoms with Gasteiger partial charge in [0, 0.05) is 18.4 Å². The lowest BCUT2D eigenvalue weighted by atomic mass is 9.98. The SMILES string of the molecule is CCCC(CC(=O)NC(CC(C)C)C(=O)O)NC(=O)OCC1c2ccccc2-c2ccccc21. The van der Waals surface area contributed by atoms with E-state index in [0.29, 0.717) is 12.8 Å². The van der Waals surface area contributed by atoms with Gasteiger partial charge in [0.25, 0.3) is 0 Å². The highest BCUT2D eigenvalue weighted by atomic mass is 16.5. The van der Waals surface area contributed by atoms with Crippen LogP contribution >= 0.6 is 0 Å². The van der Waals surface area contributed by atoms with Crippen LogP contribution in [0.1, 0.15) is 63.5 Å². The Morgan fingerprint density at radius 3 is 2.09 bits per heavy atom. The first-order chi connectivity index (χ1) is 16.3. The van der Waals surface area contributed by atoms with Crippen molar-refractivity contribution >= 4 is 18.0 Å². The molecule has 2 atom stereocenters. The molecule has 2 unspecified atom stereocenters. The van der Waals surface area contributed by atoms with Gasteiger partial charge in [0.1, 0.15) is 12.6 Å². The summed E-state index contributed by atoms with van der Waals surface area (Å²) in [6.45, 7) is 5.96. The number of carboxylic acids is 1. The number of alkyl carbamates (subject to hydrolysis) is 1. The van der Waals surface area contributed by atoms with Crippen LogP contribution in [-0.4, -0.2) is 41.8 Å². The molecular weight excluding hydrogens is 432 g/mol. The predicted octanol–water partition coefficient (Wildman–Crippen LogP) is 4.70. The van der Waals surface area contributed by atoms with Gasteiger partial charge in [-0.2, -0.15) is 0 Å². The van der Waals surface area contributed by atoms with Crippen LogP contribution < -0.4 is 10.6 Å². The topological polar surface area (TPSA) is 105 Å². The Bertz CT molecular complexity index is 974. The van der Waals surface area contributed by atoms with Crippen LogP contribution in [0.2, 0.25) is 0 Å². The van der Waals surface area contributed by atoms with Crippen molar-refractivity contribution in [2.45, 2.75) is 64.5 Å². The lowest BCUT2D eigenvalue weighted by Crippen LogP contribution is -2.45. The fraction of sp³-hybridized carbons (Fsp3) is 0.444. The summed E-state index contributed by atoms with van der Waals surface area (Å²) in [7, 11) is 0. The highest BCUT2D eigenvalue weighted by Gasteiger charge is 2.29. The summed E-state index contributed by atoms with van der Waals surface area (Å²) in [5.41, 5.74) is 4.57. The molecule has 0 saturated carbocycles. The molecule has 0 radical (unpaired) electrons. The fourth-order valence-electron chi connectivity index (χ4n) is 4.55. The molecule has 0 aliphatic heterocycles. The minimum atomic E-state index is -1.06. The van der Waals surface area contributed by atoms with Gasteiger partial charge in [-0.1, -0.05) is 75.7 Å². The molecule has 2 amide bonds. The number of ether oxygens (including phenoxy) is 1. The van der Waals surface area contributed by atoms with Crippen molar-refractivity contribution in [3.8, 4) is 11.1 Å². The smallest absolute Gasteiger partial charge is 0.407 e. The number of hydrogen-bond donors (Lipinski definition) is 3. The Kier molecular flexibility index (Phi) is 8.68. The zero-order chi connectivity index (χ0) is 24.7. The second-order valence-electron chi connectivity index (χ2n) is 9.25. The van der Waals surface area contributed by atoms with Crippen molar-refractivity contribution in [1.29, 1.82) is 0 Å². The maximum atomic E-state index is 12.6. The molecule has 0 heterocycles. The summed E-state index contributed by atoms with van der Waals surface area (Å²) >= 11 is 0. The van der Waals surface area contributed by atoms with E-state index in [1.54, 1.807) is 0 Å². The van der Waals surface area contributed by atoms with E-state index >= 15 is 0 Å². The number of fused-ring (bicyclic) bond motifs is 3. The molecule has 2 aromatic rings. The zero-order valence-corrected chi connectivity index (χ0v) is 20.0. The van der Waals surface area contributed by atoms with E-state index in [2.05, 4.69) is 34.9 Å². The van der Waals surface area contributed by atoms with Crippen molar-refractivity contribution in [2.75, 3.05) is 6.61 Å². The lowest BCUT2D eigenvalue weighted by molar-refractivity contribution is -0.142. The van der Waals surface area contributed by atoms with Crippen molar-refractivity contribution < 1.29 is 24.2 Å². The van der Waals surface area contributed by atoms with Gasteiger partial charge in [-0.15, -0.1) is 0 Å². The van der Waals surface area contributed by atoms with Crippen LogP contribution in [0.25, 0.3) is 11.1 Å². The molecular formula is C27H34N2O5. The molecule has 7 nitrogen and oxygen atoms in total. The van der Waals surface area contributed by atoms with Gasteiger partial charge < -0.3 is 20.5 Å². The van der Waals surface area contributed by atoms with Gasteiger partial charge in [-0.25, -0.2) is 9.59 Å². The van der Waals surface area contributed by atoms with Crippen molar-refractivity contribution in [2.24, 2.45) is 5.92 Å². The highest BCUT2D eigenvalue weighted by molar-refractivity contribution is 5.84. The van der Waals surface area contributed by atoms with E-state index in [0.717, 1.165) is 28.7 Å². The van der Waals surface area contributed by atoms with E-state index in [-0.39, 0.29) is 24.9 Å². The average molecular weight is 467 g/mol. The molecule has 0 spiro atoms. The zero-order valence-electron chi connectivity index (χ0n) is 20.0. The summed E-state index contributed by atoms with van der Waals surface area (Å²) < 4.78 is 5.59. The van der Waals surface area contributed by atoms with Crippen molar-refractivity contribution in [1.82, 2.24) is 10.6 Å². The molecule has 3 N–H and O–H groups in total. The summed E-state index contributed by atoms with van der Waals surface area (Å²) in [4.78, 5) is 36.5. The number of carboxylic acid groups (broad SMARTS) is 1. The molecule has 0 fully saturated rings. The fourth-order valence-corrected chi connectivity index (χ4v) is 4.55. The number of aliphatic carboxylic acids is 1. The largest absolute Gasteiger partial charge is 0.480 e. The third-order valence-corrected chi connectivity index (χ3v) is 6.08. The number of carbonyl (C=O) groups excluding carboxylic acids is 2. The van der Waals surface area contributed by atoms with Gasteiger partial charge in [-0.05, 0) is 41.0 Å². The van der Waals surface area contributed by atoms with Gasteiger partial charge in [0.15, 0.2) is 0 Å². The standard InChI is InChI=1S/C27H34N2O5/c1-4-9-18(15-25(30)29-24(26(31)32)14-17(2)3)28-27(33)34-16-23-21-12-7-5-10-19(21)20-11-6-8-13-22(20)23/h5-8,10-13,17-18,23-24H,4,9,14-16H2,1-3H3,(H,28,33)(H,29,30)(H,31,32). The highest BCUT2D eigenvalue weighted by Crippen LogP contribution is 2.44. The first kappa shape index (κ1) is 25.3. The Hall–Kier alpha value is -3.35. The van der Waals surface area contributed by atoms with Crippen molar-refractivity contribution in [3.05, 3.63) is 59.7 Å². The van der Waals surface area contributed by atoms with Crippen LogP contribution in [-0.2, 0) is 14.3 Å². The average Bonchev–Trinajstić information content (AvgIpc) is 3.11. The van der Waals surface area contributed by atoms with Crippen LogP contribution in [0.3, 0.4) is 0 Å². The normalized spacial score (nSPS) is 14.1. The summed E-state index contributed by atoms with van der Waals surface area (Å²) in [6, 6.07) is 14.9. The number of nitrogens with one attached hydrogen (secondary N) is 2. The Balaban J connectivity index is 1.58. The summed E-state index contributed by atoms with van der Waals surface area (Å²) in [5.74, 6) is -1.37. The molecule has 34 heavy (non-hydrogen) atoms. The first-order valence-corrected chi connectivity index (χ1v) is 11.9. The predicted molar refractivity (Wildman–Crippen MR) is 131 cm³/mol. The monoisotopic (exact) mass is 466 g/mol. The molecule has 3 rings (SSSR count). The van der Waals surface area contributed by atoms with Gasteiger partial charge >= 0.3 is 12.1 Å². The van der Waals surface area contributed by atoms with Crippen molar-refractivity contribution in [3.63, 3.8) is 0 Å². The van der Waals surface area contributed by atoms with Crippen LogP contribution in [0, 0.1) is 5.92 Å². The first-order valence-electron chi connectivity index (χ1n) is 11.9. The summed E-state index contributed by atoms with van der Waals surface area (Å²) in [5, 5.41) is 14.7. The molecule has 0 aromatic heterocycles. The number of amides is 2. The third kappa shape index (κ3) is 6.37. The van der Waals surface area contributed by atoms with E-state index in [4.69, 9.17) is 4.74 Å². The molecule has 0 saturated heterocycles. The second-order valence-corrected chi connectivity index (χ2v) is 9.25. The van der Waals surface area contributed by atoms with Crippen LogP contribution in [0.15, 0.2) is 48.5 Å². The minimum absolute atomic E-state index is 0.0000887. The Morgan fingerprint density at radius 2 is 1.56 bits per heavy atom. The number of hydrogen-bond acceptors (Lipinski definition) is 4. The maximum Gasteiger partial charge on any atom is 0.407 e. The number of carbonyl (C=O) groups is 3. The lowest BCUT2D eigenvalue weighted by Gasteiger charge is -2.21. The summed E-state index contributed by atoms with van der Waals surface area (Å²) in [6.07, 6.45) is 1.11. The molecule has 1 aliphatic rings. The molecule has 1 aliphatic carbocycles. The quantitative estimate of drug-likeness (QED) is 0.445.